The zero-order valence-corrected chi connectivity index (χ0v) is 36.5. The van der Waals surface area contributed by atoms with Gasteiger partial charge < -0.3 is 24.8 Å². The number of aromatic nitrogens is 1. The molecule has 2 heterocycles. The topological polar surface area (TPSA) is 186 Å². The zero-order chi connectivity index (χ0) is 44.5. The van der Waals surface area contributed by atoms with E-state index in [1.807, 2.05) is 30.3 Å². The number of fused-ring (bicyclic) bond motifs is 1. The summed E-state index contributed by atoms with van der Waals surface area (Å²) in [5.41, 5.74) is -1.18. The molecule has 1 aliphatic heterocycles. The van der Waals surface area contributed by atoms with Crippen molar-refractivity contribution in [3.63, 3.8) is 0 Å². The predicted molar refractivity (Wildman–Crippen MR) is 232 cm³/mol. The molecule has 5 atom stereocenters. The standard InChI is InChI=1S/C45H54N6O9S/c1-10-29-27-45(29,41(54)49-61(56,57)50(8)30-19-15-12-16-20-30)48-39(52)35-23-24-37(51(35)40(53)38(43(2,3)4)47-42(55)60-44(5,6)7)59-36-26-33(28-17-13-11-14-18-28)46-34-25-31(58-9)21-22-32(34)36/h10-22,25-26,29,35,37-38H,1,23-24,27H2,2-9H3,(H,47,55)(H,48,52)(H,49,54)/t29?,35-,37+,38-,45?/m0/s1. The van der Waals surface area contributed by atoms with Gasteiger partial charge in [-0.2, -0.15) is 8.42 Å². The number of anilines is 1. The van der Waals surface area contributed by atoms with Crippen LogP contribution in [0.5, 0.6) is 11.5 Å². The summed E-state index contributed by atoms with van der Waals surface area (Å²) < 4.78 is 47.7. The molecule has 0 radical (unpaired) electrons. The smallest absolute Gasteiger partial charge is 0.408 e. The Morgan fingerprint density at radius 1 is 0.951 bits per heavy atom. The number of alkyl carbamates (subject to hydrolysis) is 1. The fourth-order valence-electron chi connectivity index (χ4n) is 7.37. The molecular formula is C45H54N6O9S. The zero-order valence-electron chi connectivity index (χ0n) is 35.7. The van der Waals surface area contributed by atoms with Gasteiger partial charge in [-0.25, -0.2) is 14.5 Å². The van der Waals surface area contributed by atoms with Gasteiger partial charge in [0.15, 0.2) is 6.23 Å². The normalized spacial score (nSPS) is 20.5. The first-order valence-corrected chi connectivity index (χ1v) is 21.4. The van der Waals surface area contributed by atoms with Crippen LogP contribution in [0, 0.1) is 11.3 Å². The summed E-state index contributed by atoms with van der Waals surface area (Å²) in [5, 5.41) is 6.17. The number of carbonyl (C=O) groups is 4. The molecule has 0 spiro atoms. The van der Waals surface area contributed by atoms with Gasteiger partial charge >= 0.3 is 16.3 Å². The maximum Gasteiger partial charge on any atom is 0.408 e. The molecule has 1 saturated carbocycles. The molecule has 6 rings (SSSR count). The molecule has 4 aromatic rings. The van der Waals surface area contributed by atoms with Crippen molar-refractivity contribution in [3.05, 3.63) is 97.6 Å². The molecule has 2 unspecified atom stereocenters. The van der Waals surface area contributed by atoms with Gasteiger partial charge in [0.05, 0.1) is 24.0 Å². The highest BCUT2D eigenvalue weighted by Gasteiger charge is 2.62. The Morgan fingerprint density at radius 3 is 2.20 bits per heavy atom. The van der Waals surface area contributed by atoms with Crippen molar-refractivity contribution in [2.75, 3.05) is 18.5 Å². The summed E-state index contributed by atoms with van der Waals surface area (Å²) in [6.07, 6.45) is -0.0645. The van der Waals surface area contributed by atoms with Gasteiger partial charge in [-0.3, -0.25) is 23.6 Å². The lowest BCUT2D eigenvalue weighted by atomic mass is 9.85. The Hall–Kier alpha value is -6.16. The van der Waals surface area contributed by atoms with Gasteiger partial charge in [0.25, 0.3) is 5.91 Å². The van der Waals surface area contributed by atoms with Crippen molar-refractivity contribution in [1.29, 1.82) is 0 Å². The molecule has 2 aliphatic rings. The van der Waals surface area contributed by atoms with Crippen LogP contribution < -0.4 is 29.1 Å². The van der Waals surface area contributed by atoms with Crippen LogP contribution in [0.15, 0.2) is 97.6 Å². The van der Waals surface area contributed by atoms with E-state index < -0.39 is 74.8 Å². The minimum absolute atomic E-state index is 0.0682. The first-order valence-electron chi connectivity index (χ1n) is 20.0. The molecule has 1 aliphatic carbocycles. The second-order valence-corrected chi connectivity index (χ2v) is 19.1. The van der Waals surface area contributed by atoms with E-state index in [0.717, 1.165) is 9.87 Å². The number of hydrogen-bond acceptors (Lipinski definition) is 10. The van der Waals surface area contributed by atoms with Crippen LogP contribution in [0.1, 0.15) is 60.8 Å². The number of rotatable bonds is 13. The van der Waals surface area contributed by atoms with E-state index in [2.05, 4.69) is 21.9 Å². The molecule has 61 heavy (non-hydrogen) atoms. The number of hydrogen-bond donors (Lipinski definition) is 3. The largest absolute Gasteiger partial charge is 0.497 e. The van der Waals surface area contributed by atoms with Crippen molar-refractivity contribution in [2.45, 2.75) is 90.3 Å². The fourth-order valence-corrected chi connectivity index (χ4v) is 8.32. The average Bonchev–Trinajstić information content (AvgIpc) is 3.77. The van der Waals surface area contributed by atoms with Crippen LogP contribution >= 0.6 is 0 Å². The van der Waals surface area contributed by atoms with Gasteiger partial charge in [-0.1, -0.05) is 75.4 Å². The third-order valence-electron chi connectivity index (χ3n) is 10.7. The first-order chi connectivity index (χ1) is 28.7. The maximum absolute atomic E-state index is 15.1. The Morgan fingerprint density at radius 2 is 1.61 bits per heavy atom. The van der Waals surface area contributed by atoms with Gasteiger partial charge in [-0.15, -0.1) is 6.58 Å². The monoisotopic (exact) mass is 854 g/mol. The number of para-hydroxylation sites is 1. The lowest BCUT2D eigenvalue weighted by molar-refractivity contribution is -0.149. The molecule has 2 fully saturated rings. The van der Waals surface area contributed by atoms with E-state index in [9.17, 15) is 22.8 Å². The molecule has 1 saturated heterocycles. The number of amides is 4. The van der Waals surface area contributed by atoms with Gasteiger partial charge in [0.2, 0.25) is 11.8 Å². The number of nitrogens with one attached hydrogen (secondary N) is 3. The fraction of sp³-hybridized carbons (Fsp3) is 0.400. The lowest BCUT2D eigenvalue weighted by Crippen LogP contribution is -2.62. The van der Waals surface area contributed by atoms with E-state index in [0.29, 0.717) is 33.8 Å². The summed E-state index contributed by atoms with van der Waals surface area (Å²) in [5.74, 6) is -1.97. The van der Waals surface area contributed by atoms with Crippen LogP contribution in [-0.2, 0) is 29.3 Å². The highest BCUT2D eigenvalue weighted by atomic mass is 32.2. The third kappa shape index (κ3) is 9.75. The Bertz CT molecular complexity index is 2420. The first kappa shape index (κ1) is 44.4. The van der Waals surface area contributed by atoms with Crippen LogP contribution in [0.4, 0.5) is 10.5 Å². The highest BCUT2D eigenvalue weighted by molar-refractivity contribution is 7.91. The van der Waals surface area contributed by atoms with E-state index in [1.54, 1.807) is 103 Å². The minimum atomic E-state index is -4.41. The van der Waals surface area contributed by atoms with Crippen molar-refractivity contribution in [3.8, 4) is 22.8 Å². The highest BCUT2D eigenvalue weighted by Crippen LogP contribution is 2.46. The van der Waals surface area contributed by atoms with Crippen LogP contribution in [0.3, 0.4) is 0 Å². The van der Waals surface area contributed by atoms with Crippen LogP contribution in [-0.4, -0.2) is 85.7 Å². The number of pyridine rings is 1. The number of carbonyl (C=O) groups excluding carboxylic acids is 4. The van der Waals surface area contributed by atoms with E-state index in [1.165, 1.54) is 18.0 Å². The minimum Gasteiger partial charge on any atom is -0.497 e. The van der Waals surface area contributed by atoms with Crippen LogP contribution in [0.2, 0.25) is 0 Å². The average molecular weight is 855 g/mol. The molecule has 3 N–H and O–H groups in total. The van der Waals surface area contributed by atoms with Crippen molar-refractivity contribution >= 4 is 50.6 Å². The van der Waals surface area contributed by atoms with Gasteiger partial charge in [0.1, 0.15) is 34.7 Å². The molecule has 1 aromatic heterocycles. The second kappa shape index (κ2) is 17.1. The lowest BCUT2D eigenvalue weighted by Gasteiger charge is -2.38. The van der Waals surface area contributed by atoms with E-state index in [-0.39, 0.29) is 19.3 Å². The molecule has 15 nitrogen and oxygen atoms in total. The van der Waals surface area contributed by atoms with E-state index in [4.69, 9.17) is 19.2 Å². The number of methoxy groups -OCH3 is 1. The molecule has 0 bridgehead atoms. The van der Waals surface area contributed by atoms with Crippen LogP contribution in [0.25, 0.3) is 22.2 Å². The molecule has 16 heteroatoms. The Kier molecular flexibility index (Phi) is 12.4. The SMILES string of the molecule is C=CC1CC1(NC(=O)[C@@H]1CC[C@@H](Oc2cc(-c3ccccc3)nc3cc(OC)ccc23)N1C(=O)[C@H](NC(=O)OC(C)(C)C)C(C)(C)C)C(=O)NS(=O)(=O)N(C)c1ccccc1. The van der Waals surface area contributed by atoms with Gasteiger partial charge in [-0.05, 0) is 63.3 Å². The Labute approximate surface area is 357 Å². The predicted octanol–water partition coefficient (Wildman–Crippen LogP) is 6.10. The number of nitrogens with zero attached hydrogens (tertiary/aromatic N) is 3. The number of benzene rings is 3. The molecule has 3 aromatic carbocycles. The molecule has 4 amide bonds. The maximum atomic E-state index is 15.1. The number of likely N-dealkylation sites (tertiary alicyclic amines) is 1. The van der Waals surface area contributed by atoms with E-state index >= 15 is 4.79 Å². The van der Waals surface area contributed by atoms with Crippen molar-refractivity contribution in [1.82, 2.24) is 25.2 Å². The van der Waals surface area contributed by atoms with Crippen molar-refractivity contribution in [2.24, 2.45) is 11.3 Å². The van der Waals surface area contributed by atoms with Gasteiger partial charge in [0, 0.05) is 42.5 Å². The molecule has 324 valence electrons. The quantitative estimate of drug-likeness (QED) is 0.133. The summed E-state index contributed by atoms with van der Waals surface area (Å²) in [6.45, 7) is 14.2. The summed E-state index contributed by atoms with van der Waals surface area (Å²) in [4.78, 5) is 63.1. The third-order valence-corrected chi connectivity index (χ3v) is 12.1. The summed E-state index contributed by atoms with van der Waals surface area (Å²) in [6, 6.07) is 22.4. The summed E-state index contributed by atoms with van der Waals surface area (Å²) >= 11 is 0. The molecular weight excluding hydrogens is 801 g/mol. The summed E-state index contributed by atoms with van der Waals surface area (Å²) in [7, 11) is -1.55. The Balaban J connectivity index is 1.37. The second-order valence-electron chi connectivity index (χ2n) is 17.4. The number of ether oxygens (including phenoxy) is 3. The van der Waals surface area contributed by atoms with Crippen molar-refractivity contribution < 1.29 is 41.8 Å².